The highest BCUT2D eigenvalue weighted by atomic mass is 35.5. The van der Waals surface area contributed by atoms with Crippen LogP contribution in [0.25, 0.3) is 0 Å². The molecule has 3 N–H and O–H groups in total. The summed E-state index contributed by atoms with van der Waals surface area (Å²) in [7, 11) is 0. The Balaban J connectivity index is 1.71. The van der Waals surface area contributed by atoms with Crippen molar-refractivity contribution >= 4 is 34.6 Å². The number of aryl methyl sites for hydroxylation is 1. The van der Waals surface area contributed by atoms with Gasteiger partial charge in [-0.1, -0.05) is 32.4 Å². The van der Waals surface area contributed by atoms with Crippen LogP contribution in [0.5, 0.6) is 0 Å². The second kappa shape index (κ2) is 7.02. The third-order valence-electron chi connectivity index (χ3n) is 5.22. The van der Waals surface area contributed by atoms with Crippen LogP contribution < -0.4 is 26.8 Å². The second-order valence-corrected chi connectivity index (χ2v) is 9.03. The lowest BCUT2D eigenvalue weighted by Gasteiger charge is -2.31. The van der Waals surface area contributed by atoms with Crippen LogP contribution in [0.15, 0.2) is 38.3 Å². The van der Waals surface area contributed by atoms with Gasteiger partial charge >= 0.3 is 0 Å². The molecule has 7 nitrogen and oxygen atoms in total. The van der Waals surface area contributed by atoms with E-state index in [4.69, 9.17) is 16.0 Å². The van der Waals surface area contributed by atoms with Crippen molar-refractivity contribution in [2.45, 2.75) is 40.3 Å². The van der Waals surface area contributed by atoms with Gasteiger partial charge in [-0.3, -0.25) is 14.4 Å². The van der Waals surface area contributed by atoms with Crippen LogP contribution in [-0.4, -0.2) is 5.91 Å². The number of rotatable bonds is 5. The summed E-state index contributed by atoms with van der Waals surface area (Å²) in [4.78, 5) is 36.9. The van der Waals surface area contributed by atoms with Crippen LogP contribution in [0.2, 0.25) is 5.02 Å². The minimum absolute atomic E-state index is 0.113. The molecule has 0 unspecified atom stereocenters. The first-order chi connectivity index (χ1) is 14.1. The van der Waals surface area contributed by atoms with E-state index in [0.717, 1.165) is 11.3 Å². The minimum atomic E-state index is -0.645. The molecule has 2 aromatic carbocycles. The van der Waals surface area contributed by atoms with E-state index in [1.165, 1.54) is 0 Å². The molecule has 0 saturated heterocycles. The summed E-state index contributed by atoms with van der Waals surface area (Å²) in [6.45, 7) is 8.24. The molecular formula is C22H22ClN3O4. The first-order valence-electron chi connectivity index (χ1n) is 9.60. The van der Waals surface area contributed by atoms with Crippen LogP contribution in [-0.2, 0) is 6.54 Å². The lowest BCUT2D eigenvalue weighted by atomic mass is 9.85. The van der Waals surface area contributed by atoms with Crippen LogP contribution in [0, 0.1) is 12.3 Å². The van der Waals surface area contributed by atoms with E-state index in [9.17, 15) is 14.4 Å². The van der Waals surface area contributed by atoms with Crippen LogP contribution in [0.3, 0.4) is 0 Å². The number of benzene rings is 1. The van der Waals surface area contributed by atoms with Gasteiger partial charge in [0.25, 0.3) is 16.8 Å². The quantitative estimate of drug-likeness (QED) is 0.531. The van der Waals surface area contributed by atoms with E-state index in [0.29, 0.717) is 28.6 Å². The fourth-order valence-corrected chi connectivity index (χ4v) is 3.92. The Hall–Kier alpha value is -3.06. The van der Waals surface area contributed by atoms with Gasteiger partial charge in [-0.2, -0.15) is 0 Å². The average Bonchev–Trinajstić information content (AvgIpc) is 3.25. The van der Waals surface area contributed by atoms with Gasteiger partial charge in [-0.05, 0) is 42.2 Å². The van der Waals surface area contributed by atoms with Crippen LogP contribution >= 0.6 is 11.6 Å². The van der Waals surface area contributed by atoms with Gasteiger partial charge < -0.3 is 20.4 Å². The van der Waals surface area contributed by atoms with Crippen molar-refractivity contribution in [1.82, 2.24) is 5.32 Å². The monoisotopic (exact) mass is 427 g/mol. The Morgan fingerprint density at radius 2 is 1.80 bits per heavy atom. The topological polar surface area (TPSA) is 100 Å². The number of nitrogens with one attached hydrogen (secondary N) is 3. The van der Waals surface area contributed by atoms with E-state index in [-0.39, 0.29) is 28.7 Å². The molecule has 1 aliphatic heterocycles. The van der Waals surface area contributed by atoms with Gasteiger partial charge in [0.05, 0.1) is 17.3 Å². The summed E-state index contributed by atoms with van der Waals surface area (Å²) < 4.78 is 5.78. The molecule has 0 fully saturated rings. The van der Waals surface area contributed by atoms with Crippen LogP contribution in [0.1, 0.15) is 54.3 Å². The number of carbonyl (C=O) groups excluding carboxylic acids is 1. The average molecular weight is 428 g/mol. The highest BCUT2D eigenvalue weighted by Crippen LogP contribution is 2.38. The van der Waals surface area contributed by atoms with Gasteiger partial charge in [0.2, 0.25) is 0 Å². The third-order valence-corrected chi connectivity index (χ3v) is 5.44. The number of hydrogen-bond acceptors (Lipinski definition) is 6. The first kappa shape index (κ1) is 20.2. The molecule has 1 amide bonds. The van der Waals surface area contributed by atoms with Crippen molar-refractivity contribution in [3.8, 4) is 0 Å². The second-order valence-electron chi connectivity index (χ2n) is 8.60. The molecule has 0 bridgehead atoms. The van der Waals surface area contributed by atoms with Crippen molar-refractivity contribution in [2.75, 3.05) is 10.6 Å². The molecular weight excluding hydrogens is 406 g/mol. The normalized spacial score (nSPS) is 14.5. The number of amides is 1. The standard InChI is InChI=1S/C22H22ClN3O4/c1-10-5-6-14(30-10)20(22(2,3)4)26-17-16(18(27)19(17)28)25-13-8-12(23)7-11-9-24-21(29)15(11)13/h5-8,20,25-26H,9H2,1-4H3,(H,24,29)/t20-/m0/s1. The maximum absolute atomic E-state index is 12.4. The van der Waals surface area contributed by atoms with E-state index in [1.807, 2.05) is 39.8 Å². The molecule has 1 aliphatic rings. The number of halogens is 1. The molecule has 0 spiro atoms. The Kier molecular flexibility index (Phi) is 4.73. The van der Waals surface area contributed by atoms with Gasteiger partial charge in [0, 0.05) is 11.6 Å². The lowest BCUT2D eigenvalue weighted by molar-refractivity contribution is 0.0966. The van der Waals surface area contributed by atoms with Crippen LogP contribution in [0.4, 0.5) is 17.1 Å². The highest BCUT2D eigenvalue weighted by molar-refractivity contribution is 6.31. The fourth-order valence-electron chi connectivity index (χ4n) is 3.68. The predicted octanol–water partition coefficient (Wildman–Crippen LogP) is 4.02. The van der Waals surface area contributed by atoms with Gasteiger partial charge in [0.1, 0.15) is 22.9 Å². The predicted molar refractivity (Wildman–Crippen MR) is 117 cm³/mol. The maximum atomic E-state index is 12.4. The molecule has 156 valence electrons. The molecule has 3 aromatic rings. The largest absolute Gasteiger partial charge is 0.464 e. The molecule has 0 saturated carbocycles. The number of carbonyl (C=O) groups is 1. The molecule has 1 atom stereocenters. The van der Waals surface area contributed by atoms with E-state index in [2.05, 4.69) is 16.0 Å². The van der Waals surface area contributed by atoms with E-state index < -0.39 is 10.9 Å². The number of anilines is 3. The van der Waals surface area contributed by atoms with Gasteiger partial charge in [-0.15, -0.1) is 0 Å². The Bertz CT molecular complexity index is 1230. The molecule has 1 aromatic heterocycles. The Morgan fingerprint density at radius 3 is 2.43 bits per heavy atom. The maximum Gasteiger partial charge on any atom is 0.254 e. The van der Waals surface area contributed by atoms with Crippen molar-refractivity contribution < 1.29 is 9.21 Å². The zero-order chi connectivity index (χ0) is 21.8. The number of hydrogen-bond donors (Lipinski definition) is 3. The van der Waals surface area contributed by atoms with Gasteiger partial charge in [0.15, 0.2) is 0 Å². The summed E-state index contributed by atoms with van der Waals surface area (Å²) >= 11 is 6.17. The lowest BCUT2D eigenvalue weighted by Crippen LogP contribution is -2.39. The molecule has 8 heteroatoms. The third kappa shape index (κ3) is 3.39. The summed E-state index contributed by atoms with van der Waals surface area (Å²) in [6, 6.07) is 6.64. The summed E-state index contributed by atoms with van der Waals surface area (Å²) in [6.07, 6.45) is 0. The van der Waals surface area contributed by atoms with Crippen molar-refractivity contribution in [2.24, 2.45) is 5.41 Å². The Labute approximate surface area is 178 Å². The van der Waals surface area contributed by atoms with Crippen molar-refractivity contribution in [3.05, 3.63) is 72.4 Å². The van der Waals surface area contributed by atoms with Crippen molar-refractivity contribution in [3.63, 3.8) is 0 Å². The zero-order valence-corrected chi connectivity index (χ0v) is 17.9. The Morgan fingerprint density at radius 1 is 1.10 bits per heavy atom. The summed E-state index contributed by atoms with van der Waals surface area (Å²) in [5, 5.41) is 9.32. The first-order valence-corrected chi connectivity index (χ1v) is 9.98. The number of furan rings is 1. The summed E-state index contributed by atoms with van der Waals surface area (Å²) in [5.74, 6) is 1.17. The zero-order valence-electron chi connectivity index (χ0n) is 17.1. The molecule has 0 radical (unpaired) electrons. The summed E-state index contributed by atoms with van der Waals surface area (Å²) in [5.41, 5.74) is 0.269. The molecule has 0 aliphatic carbocycles. The van der Waals surface area contributed by atoms with E-state index in [1.54, 1.807) is 12.1 Å². The highest BCUT2D eigenvalue weighted by Gasteiger charge is 2.33. The molecule has 2 heterocycles. The number of fused-ring (bicyclic) bond motifs is 1. The van der Waals surface area contributed by atoms with Crippen molar-refractivity contribution in [1.29, 1.82) is 0 Å². The smallest absolute Gasteiger partial charge is 0.254 e. The van der Waals surface area contributed by atoms with Gasteiger partial charge in [-0.25, -0.2) is 0 Å². The fraction of sp³-hybridized carbons (Fsp3) is 0.318. The molecule has 4 rings (SSSR count). The minimum Gasteiger partial charge on any atom is -0.464 e. The SMILES string of the molecule is Cc1ccc([C@H](Nc2c(Nc3cc(Cl)cc4c3C(=O)NC4)c(=O)c2=O)C(C)(C)C)o1. The molecule has 30 heavy (non-hydrogen) atoms. The van der Waals surface area contributed by atoms with E-state index >= 15 is 0 Å².